The van der Waals surface area contributed by atoms with Crippen molar-refractivity contribution in [3.63, 3.8) is 0 Å². The number of hydrogen-bond acceptors (Lipinski definition) is 2. The predicted molar refractivity (Wildman–Crippen MR) is 73.8 cm³/mol. The SMILES string of the molecule is Cc1cc(-c2nc3nccc(C)c3[nH]2)ccc1Cl. The molecule has 0 fully saturated rings. The van der Waals surface area contributed by atoms with E-state index in [1.165, 1.54) is 0 Å². The number of nitrogens with one attached hydrogen (secondary N) is 1. The van der Waals surface area contributed by atoms with Crippen molar-refractivity contribution in [3.05, 3.63) is 46.6 Å². The fourth-order valence-corrected chi connectivity index (χ4v) is 2.08. The summed E-state index contributed by atoms with van der Waals surface area (Å²) in [6.45, 7) is 4.02. The van der Waals surface area contributed by atoms with Crippen molar-refractivity contribution >= 4 is 22.8 Å². The second kappa shape index (κ2) is 4.10. The lowest BCUT2D eigenvalue weighted by molar-refractivity contribution is 1.29. The quantitative estimate of drug-likeness (QED) is 0.718. The molecule has 2 aromatic heterocycles. The van der Waals surface area contributed by atoms with Gasteiger partial charge in [0.05, 0.1) is 5.52 Å². The monoisotopic (exact) mass is 257 g/mol. The Morgan fingerprint density at radius 2 is 1.94 bits per heavy atom. The molecular formula is C14H12ClN3. The molecule has 0 aliphatic carbocycles. The van der Waals surface area contributed by atoms with Crippen LogP contribution >= 0.6 is 11.6 Å². The van der Waals surface area contributed by atoms with Crippen LogP contribution < -0.4 is 0 Å². The van der Waals surface area contributed by atoms with Gasteiger partial charge in [0.15, 0.2) is 5.65 Å². The van der Waals surface area contributed by atoms with E-state index >= 15 is 0 Å². The summed E-state index contributed by atoms with van der Waals surface area (Å²) >= 11 is 6.03. The molecule has 0 radical (unpaired) electrons. The number of aromatic nitrogens is 3. The molecule has 0 aliphatic rings. The average molecular weight is 258 g/mol. The van der Waals surface area contributed by atoms with Crippen LogP contribution in [0.4, 0.5) is 0 Å². The molecule has 0 saturated carbocycles. The molecular weight excluding hydrogens is 246 g/mol. The molecule has 0 saturated heterocycles. The first kappa shape index (κ1) is 11.2. The highest BCUT2D eigenvalue weighted by molar-refractivity contribution is 6.31. The van der Waals surface area contributed by atoms with Crippen LogP contribution in [0.25, 0.3) is 22.6 Å². The zero-order valence-electron chi connectivity index (χ0n) is 10.2. The third-order valence-electron chi connectivity index (χ3n) is 3.03. The van der Waals surface area contributed by atoms with Crippen LogP contribution in [-0.2, 0) is 0 Å². The Labute approximate surface area is 110 Å². The van der Waals surface area contributed by atoms with Crippen molar-refractivity contribution in [2.75, 3.05) is 0 Å². The zero-order chi connectivity index (χ0) is 12.7. The van der Waals surface area contributed by atoms with Crippen LogP contribution in [0.1, 0.15) is 11.1 Å². The van der Waals surface area contributed by atoms with Crippen molar-refractivity contribution in [2.24, 2.45) is 0 Å². The number of halogens is 1. The van der Waals surface area contributed by atoms with Gasteiger partial charge in [0.2, 0.25) is 0 Å². The number of imidazole rings is 1. The minimum absolute atomic E-state index is 0.748. The van der Waals surface area contributed by atoms with E-state index in [-0.39, 0.29) is 0 Å². The number of pyridine rings is 1. The van der Waals surface area contributed by atoms with Gasteiger partial charge in [-0.1, -0.05) is 11.6 Å². The van der Waals surface area contributed by atoms with Crippen LogP contribution in [0.15, 0.2) is 30.5 Å². The number of aryl methyl sites for hydroxylation is 2. The molecule has 2 heterocycles. The third-order valence-corrected chi connectivity index (χ3v) is 3.46. The van der Waals surface area contributed by atoms with Gasteiger partial charge in [-0.15, -0.1) is 0 Å². The van der Waals surface area contributed by atoms with Crippen molar-refractivity contribution in [1.29, 1.82) is 0 Å². The second-order valence-corrected chi connectivity index (χ2v) is 4.78. The summed E-state index contributed by atoms with van der Waals surface area (Å²) in [5.41, 5.74) is 4.94. The lowest BCUT2D eigenvalue weighted by Crippen LogP contribution is -1.82. The molecule has 18 heavy (non-hydrogen) atoms. The number of rotatable bonds is 1. The van der Waals surface area contributed by atoms with E-state index in [4.69, 9.17) is 11.6 Å². The van der Waals surface area contributed by atoms with E-state index in [0.29, 0.717) is 0 Å². The van der Waals surface area contributed by atoms with Crippen molar-refractivity contribution in [2.45, 2.75) is 13.8 Å². The van der Waals surface area contributed by atoms with E-state index in [9.17, 15) is 0 Å². The molecule has 0 spiro atoms. The van der Waals surface area contributed by atoms with Gasteiger partial charge >= 0.3 is 0 Å². The Morgan fingerprint density at radius 1 is 1.11 bits per heavy atom. The van der Waals surface area contributed by atoms with Gasteiger partial charge in [-0.05, 0) is 49.2 Å². The maximum atomic E-state index is 6.03. The predicted octanol–water partition coefficient (Wildman–Crippen LogP) is 3.90. The maximum Gasteiger partial charge on any atom is 0.178 e. The molecule has 0 unspecified atom stereocenters. The first-order chi connectivity index (χ1) is 8.65. The van der Waals surface area contributed by atoms with Gasteiger partial charge in [-0.25, -0.2) is 9.97 Å². The Morgan fingerprint density at radius 3 is 2.67 bits per heavy atom. The molecule has 0 aliphatic heterocycles. The lowest BCUT2D eigenvalue weighted by Gasteiger charge is -2.00. The van der Waals surface area contributed by atoms with E-state index in [1.807, 2.05) is 38.1 Å². The highest BCUT2D eigenvalue weighted by Crippen LogP contribution is 2.25. The minimum atomic E-state index is 0.748. The van der Waals surface area contributed by atoms with Crippen LogP contribution in [0.3, 0.4) is 0 Å². The van der Waals surface area contributed by atoms with Crippen LogP contribution in [-0.4, -0.2) is 15.0 Å². The number of H-pyrrole nitrogens is 1. The molecule has 1 N–H and O–H groups in total. The number of benzene rings is 1. The van der Waals surface area contributed by atoms with E-state index in [2.05, 4.69) is 15.0 Å². The molecule has 0 bridgehead atoms. The summed E-state index contributed by atoms with van der Waals surface area (Å²) in [5.74, 6) is 0.826. The standard InChI is InChI=1S/C14H12ClN3/c1-8-5-6-16-14-12(8)17-13(18-14)10-3-4-11(15)9(2)7-10/h3-7H,1-2H3,(H,16,17,18). The summed E-state index contributed by atoms with van der Waals surface area (Å²) in [6.07, 6.45) is 1.77. The molecule has 1 aromatic carbocycles. The number of fused-ring (bicyclic) bond motifs is 1. The Bertz CT molecular complexity index is 731. The third kappa shape index (κ3) is 1.77. The first-order valence-electron chi connectivity index (χ1n) is 5.73. The van der Waals surface area contributed by atoms with Crippen LogP contribution in [0.5, 0.6) is 0 Å². The summed E-state index contributed by atoms with van der Waals surface area (Å²) in [6, 6.07) is 7.84. The smallest absolute Gasteiger partial charge is 0.178 e. The van der Waals surface area contributed by atoms with Crippen LogP contribution in [0, 0.1) is 13.8 Å². The Hall–Kier alpha value is -1.87. The largest absolute Gasteiger partial charge is 0.336 e. The molecule has 3 rings (SSSR count). The molecule has 90 valence electrons. The van der Waals surface area contributed by atoms with E-state index in [1.54, 1.807) is 6.20 Å². The second-order valence-electron chi connectivity index (χ2n) is 4.38. The molecule has 0 atom stereocenters. The molecule has 3 aromatic rings. The maximum absolute atomic E-state index is 6.03. The number of nitrogens with zero attached hydrogens (tertiary/aromatic N) is 2. The summed E-state index contributed by atoms with van der Waals surface area (Å²) in [7, 11) is 0. The summed E-state index contributed by atoms with van der Waals surface area (Å²) < 4.78 is 0. The fraction of sp³-hybridized carbons (Fsp3) is 0.143. The Kier molecular flexibility index (Phi) is 2.56. The van der Waals surface area contributed by atoms with Gasteiger partial charge in [0, 0.05) is 16.8 Å². The molecule has 3 nitrogen and oxygen atoms in total. The van der Waals surface area contributed by atoms with E-state index in [0.717, 1.165) is 38.7 Å². The number of hydrogen-bond donors (Lipinski definition) is 1. The topological polar surface area (TPSA) is 41.6 Å². The fourth-order valence-electron chi connectivity index (χ4n) is 1.96. The minimum Gasteiger partial charge on any atom is -0.336 e. The number of aromatic amines is 1. The van der Waals surface area contributed by atoms with E-state index < -0.39 is 0 Å². The van der Waals surface area contributed by atoms with Crippen molar-refractivity contribution in [1.82, 2.24) is 15.0 Å². The Balaban J connectivity index is 2.19. The highest BCUT2D eigenvalue weighted by atomic mass is 35.5. The molecule has 4 heteroatoms. The summed E-state index contributed by atoms with van der Waals surface area (Å²) in [5, 5.41) is 0.768. The highest BCUT2D eigenvalue weighted by Gasteiger charge is 2.08. The lowest BCUT2D eigenvalue weighted by atomic mass is 10.1. The van der Waals surface area contributed by atoms with Gasteiger partial charge in [-0.3, -0.25) is 0 Å². The molecule has 0 amide bonds. The van der Waals surface area contributed by atoms with Crippen LogP contribution in [0.2, 0.25) is 5.02 Å². The first-order valence-corrected chi connectivity index (χ1v) is 6.11. The van der Waals surface area contributed by atoms with Gasteiger partial charge < -0.3 is 4.98 Å². The van der Waals surface area contributed by atoms with Crippen molar-refractivity contribution < 1.29 is 0 Å². The van der Waals surface area contributed by atoms with Gasteiger partial charge in [-0.2, -0.15) is 0 Å². The zero-order valence-corrected chi connectivity index (χ0v) is 10.9. The summed E-state index contributed by atoms with van der Waals surface area (Å²) in [4.78, 5) is 12.1. The van der Waals surface area contributed by atoms with Gasteiger partial charge in [0.25, 0.3) is 0 Å². The average Bonchev–Trinajstić information content (AvgIpc) is 2.78. The normalized spacial score (nSPS) is 11.1. The van der Waals surface area contributed by atoms with Crippen molar-refractivity contribution in [3.8, 4) is 11.4 Å². The van der Waals surface area contributed by atoms with Gasteiger partial charge in [0.1, 0.15) is 5.82 Å².